The van der Waals surface area contributed by atoms with E-state index >= 15 is 0 Å². The van der Waals surface area contributed by atoms with Gasteiger partial charge in [-0.3, -0.25) is 0 Å². The molecule has 1 rings (SSSR count). The Labute approximate surface area is 78.4 Å². The van der Waals surface area contributed by atoms with Gasteiger partial charge in [0.2, 0.25) is 0 Å². The largest absolute Gasteiger partial charge is 0.396 e. The third-order valence-corrected chi connectivity index (χ3v) is 1.66. The second kappa shape index (κ2) is 3.81. The molecule has 3 nitrogen and oxygen atoms in total. The monoisotopic (exact) mass is 175 g/mol. The molecule has 0 aromatic carbocycles. The van der Waals surface area contributed by atoms with Crippen molar-refractivity contribution in [3.8, 4) is 12.3 Å². The summed E-state index contributed by atoms with van der Waals surface area (Å²) in [6.45, 7) is 3.82. The fraction of sp³-hybridized carbons (Fsp3) is 0.300. The van der Waals surface area contributed by atoms with Crippen molar-refractivity contribution in [3.63, 3.8) is 0 Å². The number of hydrogen-bond acceptors (Lipinski definition) is 3. The summed E-state index contributed by atoms with van der Waals surface area (Å²) >= 11 is 0. The minimum absolute atomic E-state index is 0.0579. The third kappa shape index (κ3) is 2.38. The van der Waals surface area contributed by atoms with E-state index in [1.165, 1.54) is 0 Å². The van der Waals surface area contributed by atoms with Crippen molar-refractivity contribution in [2.75, 3.05) is 11.1 Å². The second-order valence-electron chi connectivity index (χ2n) is 2.98. The third-order valence-electron chi connectivity index (χ3n) is 1.66. The molecule has 0 aliphatic heterocycles. The van der Waals surface area contributed by atoms with Crippen LogP contribution in [-0.4, -0.2) is 11.0 Å². The molecule has 0 bridgehead atoms. The molecule has 13 heavy (non-hydrogen) atoms. The number of nitrogens with one attached hydrogen (secondary N) is 1. The van der Waals surface area contributed by atoms with Gasteiger partial charge in [-0.05, 0) is 25.5 Å². The van der Waals surface area contributed by atoms with Crippen LogP contribution in [0, 0.1) is 19.3 Å². The Balaban J connectivity index is 2.85. The van der Waals surface area contributed by atoms with E-state index in [1.54, 1.807) is 6.20 Å². The first-order valence-corrected chi connectivity index (χ1v) is 4.08. The van der Waals surface area contributed by atoms with E-state index in [2.05, 4.69) is 16.2 Å². The number of rotatable bonds is 2. The minimum atomic E-state index is -0.0579. The maximum atomic E-state index is 5.73. The standard InChI is InChI=1S/C10H13N3/c1-4-8(3)13-10-9(11)5-7(2)6-12-10/h1,5-6,8H,11H2,2-3H3,(H,12,13). The van der Waals surface area contributed by atoms with Crippen LogP contribution in [0.25, 0.3) is 0 Å². The predicted octanol–water partition coefficient (Wildman–Crippen LogP) is 1.41. The molecular formula is C10H13N3. The van der Waals surface area contributed by atoms with Gasteiger partial charge in [-0.1, -0.05) is 5.92 Å². The predicted molar refractivity (Wildman–Crippen MR) is 55.3 cm³/mol. The Hall–Kier alpha value is -1.69. The Bertz CT molecular complexity index is 339. The van der Waals surface area contributed by atoms with E-state index in [0.29, 0.717) is 11.5 Å². The van der Waals surface area contributed by atoms with Crippen molar-refractivity contribution in [3.05, 3.63) is 17.8 Å². The number of pyridine rings is 1. The summed E-state index contributed by atoms with van der Waals surface area (Å²) in [5.74, 6) is 3.20. The SMILES string of the molecule is C#CC(C)Nc1ncc(C)cc1N. The minimum Gasteiger partial charge on any atom is -0.396 e. The van der Waals surface area contributed by atoms with Crippen LogP contribution in [0.3, 0.4) is 0 Å². The summed E-state index contributed by atoms with van der Waals surface area (Å²) < 4.78 is 0. The van der Waals surface area contributed by atoms with Gasteiger partial charge in [-0.15, -0.1) is 6.42 Å². The molecule has 0 amide bonds. The molecule has 1 heterocycles. The number of hydrogen-bond donors (Lipinski definition) is 2. The van der Waals surface area contributed by atoms with Crippen LogP contribution in [0.4, 0.5) is 11.5 Å². The molecule has 0 aliphatic rings. The van der Waals surface area contributed by atoms with Crippen molar-refractivity contribution in [1.82, 2.24) is 4.98 Å². The van der Waals surface area contributed by atoms with Gasteiger partial charge in [0.1, 0.15) is 5.82 Å². The van der Waals surface area contributed by atoms with Crippen molar-refractivity contribution in [1.29, 1.82) is 0 Å². The van der Waals surface area contributed by atoms with Crippen molar-refractivity contribution in [2.24, 2.45) is 0 Å². The highest BCUT2D eigenvalue weighted by atomic mass is 15.0. The van der Waals surface area contributed by atoms with Crippen molar-refractivity contribution < 1.29 is 0 Å². The van der Waals surface area contributed by atoms with Crippen LogP contribution in [0.5, 0.6) is 0 Å². The van der Waals surface area contributed by atoms with E-state index in [1.807, 2.05) is 19.9 Å². The number of nitrogen functional groups attached to an aromatic ring is 1. The number of aromatic nitrogens is 1. The average molecular weight is 175 g/mol. The molecule has 1 atom stereocenters. The summed E-state index contributed by atoms with van der Waals surface area (Å²) in [6, 6.07) is 1.80. The molecule has 1 unspecified atom stereocenters. The van der Waals surface area contributed by atoms with Gasteiger partial charge in [0.15, 0.2) is 0 Å². The first-order valence-electron chi connectivity index (χ1n) is 4.08. The van der Waals surface area contributed by atoms with E-state index in [9.17, 15) is 0 Å². The lowest BCUT2D eigenvalue weighted by molar-refractivity contribution is 1.01. The van der Waals surface area contributed by atoms with Crippen LogP contribution in [-0.2, 0) is 0 Å². The van der Waals surface area contributed by atoms with E-state index < -0.39 is 0 Å². The van der Waals surface area contributed by atoms with Gasteiger partial charge in [-0.25, -0.2) is 4.98 Å². The number of aryl methyl sites for hydroxylation is 1. The molecule has 0 saturated heterocycles. The van der Waals surface area contributed by atoms with Gasteiger partial charge in [-0.2, -0.15) is 0 Å². The van der Waals surface area contributed by atoms with Crippen molar-refractivity contribution >= 4 is 11.5 Å². The molecule has 0 spiro atoms. The first kappa shape index (κ1) is 9.40. The highest BCUT2D eigenvalue weighted by molar-refractivity contribution is 5.62. The van der Waals surface area contributed by atoms with E-state index in [4.69, 9.17) is 12.2 Å². The Morgan fingerprint density at radius 2 is 2.38 bits per heavy atom. The number of terminal acetylenes is 1. The maximum absolute atomic E-state index is 5.73. The molecule has 3 N–H and O–H groups in total. The molecule has 0 aliphatic carbocycles. The summed E-state index contributed by atoms with van der Waals surface area (Å²) in [5.41, 5.74) is 7.40. The zero-order chi connectivity index (χ0) is 9.84. The fourth-order valence-corrected chi connectivity index (χ4v) is 0.959. The number of nitrogens with two attached hydrogens (primary N) is 1. The van der Waals surface area contributed by atoms with Crippen LogP contribution in [0.1, 0.15) is 12.5 Å². The Morgan fingerprint density at radius 3 is 2.92 bits per heavy atom. The van der Waals surface area contributed by atoms with Gasteiger partial charge in [0, 0.05) is 6.20 Å². The number of anilines is 2. The topological polar surface area (TPSA) is 50.9 Å². The van der Waals surface area contributed by atoms with Gasteiger partial charge < -0.3 is 11.1 Å². The smallest absolute Gasteiger partial charge is 0.150 e. The molecule has 1 aromatic heterocycles. The second-order valence-corrected chi connectivity index (χ2v) is 2.98. The number of nitrogens with zero attached hydrogens (tertiary/aromatic N) is 1. The van der Waals surface area contributed by atoms with Crippen LogP contribution in [0.15, 0.2) is 12.3 Å². The van der Waals surface area contributed by atoms with E-state index in [0.717, 1.165) is 5.56 Å². The summed E-state index contributed by atoms with van der Waals surface area (Å²) in [5, 5.41) is 3.01. The van der Waals surface area contributed by atoms with Crippen LogP contribution < -0.4 is 11.1 Å². The summed E-state index contributed by atoms with van der Waals surface area (Å²) in [4.78, 5) is 4.13. The fourth-order valence-electron chi connectivity index (χ4n) is 0.959. The highest BCUT2D eigenvalue weighted by Crippen LogP contribution is 2.16. The zero-order valence-electron chi connectivity index (χ0n) is 7.83. The summed E-state index contributed by atoms with van der Waals surface area (Å²) in [7, 11) is 0. The van der Waals surface area contributed by atoms with Crippen molar-refractivity contribution in [2.45, 2.75) is 19.9 Å². The molecule has 68 valence electrons. The molecule has 1 aromatic rings. The Morgan fingerprint density at radius 1 is 1.69 bits per heavy atom. The molecule has 0 fully saturated rings. The lowest BCUT2D eigenvalue weighted by atomic mass is 10.2. The lowest BCUT2D eigenvalue weighted by Crippen LogP contribution is -2.14. The first-order chi connectivity index (χ1) is 6.13. The highest BCUT2D eigenvalue weighted by Gasteiger charge is 2.02. The van der Waals surface area contributed by atoms with E-state index in [-0.39, 0.29) is 6.04 Å². The van der Waals surface area contributed by atoms with Crippen LogP contribution >= 0.6 is 0 Å². The lowest BCUT2D eigenvalue weighted by Gasteiger charge is -2.10. The van der Waals surface area contributed by atoms with Gasteiger partial charge in [0.05, 0.1) is 11.7 Å². The molecule has 0 radical (unpaired) electrons. The quantitative estimate of drug-likeness (QED) is 0.668. The van der Waals surface area contributed by atoms with Crippen LogP contribution in [0.2, 0.25) is 0 Å². The van der Waals surface area contributed by atoms with Gasteiger partial charge in [0.25, 0.3) is 0 Å². The maximum Gasteiger partial charge on any atom is 0.150 e. The molecule has 3 heteroatoms. The average Bonchev–Trinajstić information content (AvgIpc) is 2.09. The zero-order valence-corrected chi connectivity index (χ0v) is 7.83. The normalized spacial score (nSPS) is 11.8. The van der Waals surface area contributed by atoms with Gasteiger partial charge >= 0.3 is 0 Å². The molecular weight excluding hydrogens is 162 g/mol. The summed E-state index contributed by atoms with van der Waals surface area (Å²) in [6.07, 6.45) is 6.97. The molecule has 0 saturated carbocycles. The Kier molecular flexibility index (Phi) is 2.76.